The first-order valence-electron chi connectivity index (χ1n) is 8.86. The van der Waals surface area contributed by atoms with Gasteiger partial charge in [0.2, 0.25) is 0 Å². The lowest BCUT2D eigenvalue weighted by molar-refractivity contribution is 0.100. The van der Waals surface area contributed by atoms with E-state index in [1.165, 1.54) is 11.3 Å². The number of thiophene rings is 1. The van der Waals surface area contributed by atoms with Gasteiger partial charge in [-0.3, -0.25) is 15.1 Å². The number of nitrogens with two attached hydrogens (primary N) is 2. The number of nitrogens with zero attached hydrogens (tertiary/aromatic N) is 1. The summed E-state index contributed by atoms with van der Waals surface area (Å²) in [5.74, 6) is 0.0241. The van der Waals surface area contributed by atoms with Crippen LogP contribution in [0, 0.1) is 0 Å². The summed E-state index contributed by atoms with van der Waals surface area (Å²) in [6, 6.07) is 12.2. The third-order valence-corrected chi connectivity index (χ3v) is 5.09. The molecule has 1 aromatic carbocycles. The number of benzene rings is 1. The number of nitrogens with one attached hydrogen (secondary N) is 2. The van der Waals surface area contributed by atoms with Crippen LogP contribution >= 0.6 is 11.3 Å². The van der Waals surface area contributed by atoms with Crippen LogP contribution in [-0.2, 0) is 6.54 Å². The Hall–Kier alpha value is -3.43. The first kappa shape index (κ1) is 20.3. The number of carbonyl (C=O) groups is 2. The maximum absolute atomic E-state index is 11.7. The highest BCUT2D eigenvalue weighted by Crippen LogP contribution is 2.39. The van der Waals surface area contributed by atoms with E-state index < -0.39 is 11.9 Å². The summed E-state index contributed by atoms with van der Waals surface area (Å²) in [5, 5.41) is 6.06. The Balaban J connectivity index is 1.67. The van der Waals surface area contributed by atoms with Crippen molar-refractivity contribution in [3.8, 4) is 16.2 Å². The molecular weight excluding hydrogens is 390 g/mol. The van der Waals surface area contributed by atoms with Gasteiger partial charge in [0.15, 0.2) is 0 Å². The average molecular weight is 411 g/mol. The van der Waals surface area contributed by atoms with E-state index in [1.54, 1.807) is 18.5 Å². The van der Waals surface area contributed by atoms with Crippen molar-refractivity contribution in [2.24, 2.45) is 11.5 Å². The third-order valence-electron chi connectivity index (χ3n) is 4.00. The number of amides is 3. The van der Waals surface area contributed by atoms with Crippen molar-refractivity contribution in [2.45, 2.75) is 6.54 Å². The SMILES string of the molecule is NC(=O)Nc1sc(-c2ccccc2OCCNCc2ccncc2)cc1C(N)=O. The summed E-state index contributed by atoms with van der Waals surface area (Å²) >= 11 is 1.21. The molecule has 9 heteroatoms. The number of anilines is 1. The predicted octanol–water partition coefficient (Wildman–Crippen LogP) is 2.57. The molecule has 6 N–H and O–H groups in total. The maximum Gasteiger partial charge on any atom is 0.317 e. The van der Waals surface area contributed by atoms with E-state index >= 15 is 0 Å². The van der Waals surface area contributed by atoms with Crippen molar-refractivity contribution < 1.29 is 14.3 Å². The molecule has 0 unspecified atom stereocenters. The van der Waals surface area contributed by atoms with E-state index in [9.17, 15) is 9.59 Å². The summed E-state index contributed by atoms with van der Waals surface area (Å²) < 4.78 is 5.92. The van der Waals surface area contributed by atoms with Gasteiger partial charge in [0.05, 0.1) is 5.56 Å². The molecule has 3 aromatic rings. The standard InChI is InChI=1S/C20H21N5O3S/c21-18(26)15-11-17(29-19(15)25-20(22)27)14-3-1-2-4-16(14)28-10-9-24-12-13-5-7-23-8-6-13/h1-8,11,24H,9-10,12H2,(H2,21,26)(H3,22,25,27). The number of urea groups is 1. The molecule has 150 valence electrons. The molecule has 29 heavy (non-hydrogen) atoms. The highest BCUT2D eigenvalue weighted by molar-refractivity contribution is 7.20. The molecule has 0 aliphatic rings. The van der Waals surface area contributed by atoms with Crippen LogP contribution < -0.4 is 26.8 Å². The lowest BCUT2D eigenvalue weighted by Crippen LogP contribution is -2.21. The van der Waals surface area contributed by atoms with Crippen LogP contribution in [0.25, 0.3) is 10.4 Å². The first-order valence-corrected chi connectivity index (χ1v) is 9.68. The van der Waals surface area contributed by atoms with Gasteiger partial charge in [0.1, 0.15) is 17.4 Å². The van der Waals surface area contributed by atoms with Crippen LogP contribution in [0.5, 0.6) is 5.75 Å². The molecule has 8 nitrogen and oxygen atoms in total. The van der Waals surface area contributed by atoms with Crippen LogP contribution in [0.15, 0.2) is 54.9 Å². The monoisotopic (exact) mass is 411 g/mol. The second-order valence-electron chi connectivity index (χ2n) is 6.08. The van der Waals surface area contributed by atoms with E-state index in [0.717, 1.165) is 22.5 Å². The lowest BCUT2D eigenvalue weighted by Gasteiger charge is -2.11. The zero-order valence-corrected chi connectivity index (χ0v) is 16.4. The fourth-order valence-electron chi connectivity index (χ4n) is 2.67. The van der Waals surface area contributed by atoms with Gasteiger partial charge in [0.25, 0.3) is 5.91 Å². The zero-order valence-electron chi connectivity index (χ0n) is 15.6. The Bertz CT molecular complexity index is 991. The van der Waals surface area contributed by atoms with E-state index in [-0.39, 0.29) is 5.56 Å². The van der Waals surface area contributed by atoms with Gasteiger partial charge in [0, 0.05) is 35.9 Å². The third kappa shape index (κ3) is 5.53. The van der Waals surface area contributed by atoms with Crippen LogP contribution in [0.4, 0.5) is 9.80 Å². The Kier molecular flexibility index (Phi) is 6.77. The number of rotatable bonds is 9. The summed E-state index contributed by atoms with van der Waals surface area (Å²) in [6.45, 7) is 1.84. The molecule has 0 atom stereocenters. The second-order valence-corrected chi connectivity index (χ2v) is 7.14. The molecule has 0 saturated heterocycles. The van der Waals surface area contributed by atoms with Crippen molar-refractivity contribution in [2.75, 3.05) is 18.5 Å². The largest absolute Gasteiger partial charge is 0.492 e. The van der Waals surface area contributed by atoms with Crippen LogP contribution in [-0.4, -0.2) is 30.1 Å². The normalized spacial score (nSPS) is 10.5. The first-order chi connectivity index (χ1) is 14.0. The highest BCUT2D eigenvalue weighted by atomic mass is 32.1. The van der Waals surface area contributed by atoms with Gasteiger partial charge < -0.3 is 21.5 Å². The Morgan fingerprint density at radius 1 is 1.10 bits per heavy atom. The van der Waals surface area contributed by atoms with Crippen LogP contribution in [0.3, 0.4) is 0 Å². The van der Waals surface area contributed by atoms with Gasteiger partial charge in [-0.1, -0.05) is 12.1 Å². The highest BCUT2D eigenvalue weighted by Gasteiger charge is 2.18. The van der Waals surface area contributed by atoms with Gasteiger partial charge in [-0.25, -0.2) is 4.79 Å². The summed E-state index contributed by atoms with van der Waals surface area (Å²) in [6.07, 6.45) is 3.51. The molecule has 2 heterocycles. The number of aromatic nitrogens is 1. The molecule has 0 spiro atoms. The second kappa shape index (κ2) is 9.67. The molecule has 0 aliphatic heterocycles. The molecule has 0 radical (unpaired) electrons. The van der Waals surface area contributed by atoms with Crippen molar-refractivity contribution in [3.05, 3.63) is 66.0 Å². The van der Waals surface area contributed by atoms with Crippen molar-refractivity contribution in [1.29, 1.82) is 0 Å². The zero-order chi connectivity index (χ0) is 20.6. The quantitative estimate of drug-likeness (QED) is 0.402. The fourth-order valence-corrected chi connectivity index (χ4v) is 3.77. The number of primary amides is 2. The maximum atomic E-state index is 11.7. The topological polar surface area (TPSA) is 132 Å². The number of pyridine rings is 1. The van der Waals surface area contributed by atoms with E-state index in [2.05, 4.69) is 15.6 Å². The number of ether oxygens (including phenoxy) is 1. The van der Waals surface area contributed by atoms with Crippen LogP contribution in [0.1, 0.15) is 15.9 Å². The Morgan fingerprint density at radius 3 is 2.59 bits per heavy atom. The van der Waals surface area contributed by atoms with Crippen molar-refractivity contribution in [1.82, 2.24) is 10.3 Å². The molecule has 3 amide bonds. The molecule has 3 rings (SSSR count). The number of carbonyl (C=O) groups excluding carboxylic acids is 2. The van der Waals surface area contributed by atoms with E-state index in [4.69, 9.17) is 16.2 Å². The summed E-state index contributed by atoms with van der Waals surface area (Å²) in [4.78, 5) is 27.6. The molecule has 0 bridgehead atoms. The van der Waals surface area contributed by atoms with E-state index in [1.807, 2.05) is 36.4 Å². The number of hydrogen-bond donors (Lipinski definition) is 4. The number of hydrogen-bond acceptors (Lipinski definition) is 6. The van der Waals surface area contributed by atoms with Gasteiger partial charge in [-0.05, 0) is 35.9 Å². The number of para-hydroxylation sites is 1. The van der Waals surface area contributed by atoms with Gasteiger partial charge in [-0.2, -0.15) is 0 Å². The molecule has 0 fully saturated rings. The van der Waals surface area contributed by atoms with Gasteiger partial charge >= 0.3 is 6.03 Å². The smallest absolute Gasteiger partial charge is 0.317 e. The molecule has 0 saturated carbocycles. The minimum Gasteiger partial charge on any atom is -0.492 e. The Labute approximate surface area is 171 Å². The van der Waals surface area contributed by atoms with E-state index in [0.29, 0.717) is 23.9 Å². The summed E-state index contributed by atoms with van der Waals surface area (Å²) in [5.41, 5.74) is 12.7. The van der Waals surface area contributed by atoms with Crippen molar-refractivity contribution in [3.63, 3.8) is 0 Å². The Morgan fingerprint density at radius 2 is 1.86 bits per heavy atom. The fraction of sp³-hybridized carbons (Fsp3) is 0.150. The summed E-state index contributed by atoms with van der Waals surface area (Å²) in [7, 11) is 0. The predicted molar refractivity (Wildman–Crippen MR) is 113 cm³/mol. The molecule has 0 aliphatic carbocycles. The molecule has 2 aromatic heterocycles. The van der Waals surface area contributed by atoms with Crippen molar-refractivity contribution >= 4 is 28.3 Å². The molecular formula is C20H21N5O3S. The average Bonchev–Trinajstić information content (AvgIpc) is 3.12. The minimum atomic E-state index is -0.759. The lowest BCUT2D eigenvalue weighted by atomic mass is 10.1. The minimum absolute atomic E-state index is 0.206. The van der Waals surface area contributed by atoms with Gasteiger partial charge in [-0.15, -0.1) is 11.3 Å². The van der Waals surface area contributed by atoms with Crippen LogP contribution in [0.2, 0.25) is 0 Å².